The number of hydrogen-bond donors (Lipinski definition) is 1. The van der Waals surface area contributed by atoms with E-state index in [2.05, 4.69) is 12.2 Å². The summed E-state index contributed by atoms with van der Waals surface area (Å²) >= 11 is 0. The van der Waals surface area contributed by atoms with Crippen molar-refractivity contribution in [1.82, 2.24) is 5.32 Å². The van der Waals surface area contributed by atoms with Crippen molar-refractivity contribution >= 4 is 0 Å². The summed E-state index contributed by atoms with van der Waals surface area (Å²) in [4.78, 5) is 0. The maximum atomic E-state index is 5.65. The quantitative estimate of drug-likeness (QED) is 0.577. The molecular formula is C15H31NO2. The van der Waals surface area contributed by atoms with E-state index in [1.807, 2.05) is 0 Å². The highest BCUT2D eigenvalue weighted by molar-refractivity contribution is 4.77. The van der Waals surface area contributed by atoms with E-state index in [1.54, 1.807) is 7.11 Å². The maximum Gasteiger partial charge on any atom is 0.0587 e. The van der Waals surface area contributed by atoms with Gasteiger partial charge in [-0.15, -0.1) is 0 Å². The average Bonchev–Trinajstić information content (AvgIpc) is 2.91. The Balaban J connectivity index is 2.18. The van der Waals surface area contributed by atoms with Gasteiger partial charge in [-0.25, -0.2) is 0 Å². The first kappa shape index (κ1) is 15.9. The molecular weight excluding hydrogens is 226 g/mol. The first-order chi connectivity index (χ1) is 8.88. The summed E-state index contributed by atoms with van der Waals surface area (Å²) < 4.78 is 10.7. The van der Waals surface area contributed by atoms with Gasteiger partial charge in [0.25, 0.3) is 0 Å². The maximum absolute atomic E-state index is 5.65. The van der Waals surface area contributed by atoms with Crippen molar-refractivity contribution in [1.29, 1.82) is 0 Å². The van der Waals surface area contributed by atoms with E-state index in [-0.39, 0.29) is 0 Å². The van der Waals surface area contributed by atoms with E-state index in [0.29, 0.717) is 0 Å². The molecule has 0 aliphatic heterocycles. The molecule has 1 saturated carbocycles. The molecule has 108 valence electrons. The Morgan fingerprint density at radius 3 is 2.61 bits per heavy atom. The van der Waals surface area contributed by atoms with Crippen molar-refractivity contribution in [3.05, 3.63) is 0 Å². The summed E-state index contributed by atoms with van der Waals surface area (Å²) in [6.45, 7) is 6.92. The molecule has 1 unspecified atom stereocenters. The van der Waals surface area contributed by atoms with Crippen LogP contribution >= 0.6 is 0 Å². The van der Waals surface area contributed by atoms with Crippen molar-refractivity contribution < 1.29 is 9.47 Å². The second-order valence-electron chi connectivity index (χ2n) is 5.40. The van der Waals surface area contributed by atoms with Gasteiger partial charge < -0.3 is 14.8 Å². The summed E-state index contributed by atoms with van der Waals surface area (Å²) in [7, 11) is 1.76. The standard InChI is InChI=1S/C15H31NO2/c1-3-10-18-11-8-15(13-16-9-12-17-2)14-6-4-5-7-14/h14-16H,3-13H2,1-2H3. The summed E-state index contributed by atoms with van der Waals surface area (Å²) in [5, 5.41) is 3.52. The molecule has 0 radical (unpaired) electrons. The summed E-state index contributed by atoms with van der Waals surface area (Å²) in [6, 6.07) is 0. The van der Waals surface area contributed by atoms with Crippen LogP contribution in [0.3, 0.4) is 0 Å². The van der Waals surface area contributed by atoms with Gasteiger partial charge in [0.15, 0.2) is 0 Å². The molecule has 3 heteroatoms. The Kier molecular flexibility index (Phi) is 9.54. The normalized spacial score (nSPS) is 18.3. The monoisotopic (exact) mass is 257 g/mol. The average molecular weight is 257 g/mol. The van der Waals surface area contributed by atoms with E-state index in [1.165, 1.54) is 32.1 Å². The second kappa shape index (κ2) is 10.8. The van der Waals surface area contributed by atoms with Crippen LogP contribution in [0.4, 0.5) is 0 Å². The predicted molar refractivity (Wildman–Crippen MR) is 75.9 cm³/mol. The number of hydrogen-bond acceptors (Lipinski definition) is 3. The van der Waals surface area contributed by atoms with Crippen LogP contribution in [-0.4, -0.2) is 40.0 Å². The number of rotatable bonds is 11. The minimum absolute atomic E-state index is 0.793. The summed E-state index contributed by atoms with van der Waals surface area (Å²) in [5.41, 5.74) is 0. The highest BCUT2D eigenvalue weighted by Crippen LogP contribution is 2.32. The summed E-state index contributed by atoms with van der Waals surface area (Å²) in [5.74, 6) is 1.71. The lowest BCUT2D eigenvalue weighted by molar-refractivity contribution is 0.109. The molecule has 0 aromatic heterocycles. The molecule has 1 aliphatic carbocycles. The Hall–Kier alpha value is -0.120. The minimum Gasteiger partial charge on any atom is -0.383 e. The van der Waals surface area contributed by atoms with E-state index < -0.39 is 0 Å². The van der Waals surface area contributed by atoms with Gasteiger partial charge >= 0.3 is 0 Å². The van der Waals surface area contributed by atoms with Gasteiger partial charge in [0.2, 0.25) is 0 Å². The third kappa shape index (κ3) is 6.72. The van der Waals surface area contributed by atoms with Crippen LogP contribution in [0, 0.1) is 11.8 Å². The summed E-state index contributed by atoms with van der Waals surface area (Å²) in [6.07, 6.45) is 8.03. The van der Waals surface area contributed by atoms with Crippen LogP contribution in [0.25, 0.3) is 0 Å². The van der Waals surface area contributed by atoms with Crippen LogP contribution in [0.15, 0.2) is 0 Å². The molecule has 18 heavy (non-hydrogen) atoms. The zero-order valence-electron chi connectivity index (χ0n) is 12.2. The van der Waals surface area contributed by atoms with E-state index in [9.17, 15) is 0 Å². The third-order valence-electron chi connectivity index (χ3n) is 3.94. The number of nitrogens with one attached hydrogen (secondary N) is 1. The first-order valence-electron chi connectivity index (χ1n) is 7.65. The Labute approximate surface area is 113 Å². The van der Waals surface area contributed by atoms with Crippen LogP contribution in [-0.2, 0) is 9.47 Å². The van der Waals surface area contributed by atoms with Crippen molar-refractivity contribution in [2.24, 2.45) is 11.8 Å². The molecule has 0 amide bonds. The molecule has 0 heterocycles. The lowest BCUT2D eigenvalue weighted by Gasteiger charge is -2.24. The second-order valence-corrected chi connectivity index (χ2v) is 5.40. The fraction of sp³-hybridized carbons (Fsp3) is 1.00. The van der Waals surface area contributed by atoms with Crippen molar-refractivity contribution in [3.8, 4) is 0 Å². The minimum atomic E-state index is 0.793. The molecule has 0 aromatic carbocycles. The predicted octanol–water partition coefficient (Wildman–Crippen LogP) is 2.85. The van der Waals surface area contributed by atoms with Crippen molar-refractivity contribution in [2.75, 3.05) is 40.0 Å². The lowest BCUT2D eigenvalue weighted by Crippen LogP contribution is -2.30. The largest absolute Gasteiger partial charge is 0.383 e. The van der Waals surface area contributed by atoms with Gasteiger partial charge in [-0.1, -0.05) is 32.6 Å². The van der Waals surface area contributed by atoms with Crippen LogP contribution in [0.1, 0.15) is 45.4 Å². The third-order valence-corrected chi connectivity index (χ3v) is 3.94. The molecule has 3 nitrogen and oxygen atoms in total. The Morgan fingerprint density at radius 2 is 1.94 bits per heavy atom. The van der Waals surface area contributed by atoms with Gasteiger partial charge in [0.1, 0.15) is 0 Å². The zero-order valence-corrected chi connectivity index (χ0v) is 12.2. The van der Waals surface area contributed by atoms with Gasteiger partial charge in [-0.2, -0.15) is 0 Å². The van der Waals surface area contributed by atoms with E-state index in [0.717, 1.165) is 51.2 Å². The van der Waals surface area contributed by atoms with Gasteiger partial charge in [-0.3, -0.25) is 0 Å². The number of methoxy groups -OCH3 is 1. The molecule has 1 N–H and O–H groups in total. The molecule has 0 aromatic rings. The topological polar surface area (TPSA) is 30.5 Å². The lowest BCUT2D eigenvalue weighted by atomic mass is 9.88. The molecule has 0 saturated heterocycles. The fourth-order valence-electron chi connectivity index (χ4n) is 2.88. The fourth-order valence-corrected chi connectivity index (χ4v) is 2.88. The molecule has 1 rings (SSSR count). The molecule has 0 bridgehead atoms. The first-order valence-corrected chi connectivity index (χ1v) is 7.65. The van der Waals surface area contributed by atoms with Gasteiger partial charge in [-0.05, 0) is 31.2 Å². The highest BCUT2D eigenvalue weighted by atomic mass is 16.5. The van der Waals surface area contributed by atoms with Gasteiger partial charge in [0, 0.05) is 26.9 Å². The van der Waals surface area contributed by atoms with Crippen molar-refractivity contribution in [2.45, 2.75) is 45.4 Å². The molecule has 1 atom stereocenters. The Bertz CT molecular complexity index is 169. The van der Waals surface area contributed by atoms with E-state index in [4.69, 9.17) is 9.47 Å². The molecule has 0 spiro atoms. The smallest absolute Gasteiger partial charge is 0.0587 e. The molecule has 1 fully saturated rings. The van der Waals surface area contributed by atoms with Crippen molar-refractivity contribution in [3.63, 3.8) is 0 Å². The van der Waals surface area contributed by atoms with Crippen LogP contribution in [0.5, 0.6) is 0 Å². The Morgan fingerprint density at radius 1 is 1.17 bits per heavy atom. The van der Waals surface area contributed by atoms with Crippen LogP contribution in [0.2, 0.25) is 0 Å². The van der Waals surface area contributed by atoms with E-state index >= 15 is 0 Å². The van der Waals surface area contributed by atoms with Crippen LogP contribution < -0.4 is 5.32 Å². The zero-order chi connectivity index (χ0) is 13.1. The highest BCUT2D eigenvalue weighted by Gasteiger charge is 2.24. The number of ether oxygens (including phenoxy) is 2. The molecule has 1 aliphatic rings. The van der Waals surface area contributed by atoms with Gasteiger partial charge in [0.05, 0.1) is 6.61 Å². The SMILES string of the molecule is CCCOCCC(CNCCOC)C1CCCC1.